The lowest BCUT2D eigenvalue weighted by Crippen LogP contribution is -2.35. The molecule has 0 aliphatic rings. The van der Waals surface area contributed by atoms with Gasteiger partial charge in [0, 0.05) is 17.7 Å². The molecule has 1 atom stereocenters. The van der Waals surface area contributed by atoms with Crippen molar-refractivity contribution in [1.82, 2.24) is 5.32 Å². The zero-order valence-electron chi connectivity index (χ0n) is 9.21. The Labute approximate surface area is 97.4 Å². The third-order valence-corrected chi connectivity index (χ3v) is 2.14. The minimum atomic E-state index is -0.651. The summed E-state index contributed by atoms with van der Waals surface area (Å²) < 4.78 is 0. The highest BCUT2D eigenvalue weighted by Gasteiger charge is 2.16. The molecular weight excluding hydrogens is 226 g/mol. The molecule has 0 aliphatic heterocycles. The molecule has 1 aromatic carbocycles. The van der Waals surface area contributed by atoms with E-state index >= 15 is 0 Å². The highest BCUT2D eigenvalue weighted by atomic mass is 16.6. The smallest absolute Gasteiger partial charge is 0.292 e. The van der Waals surface area contributed by atoms with E-state index in [0.717, 1.165) is 6.07 Å². The maximum absolute atomic E-state index is 11.6. The topological polar surface area (TPSA) is 118 Å². The normalized spacial score (nSPS) is 11.9. The second-order valence-corrected chi connectivity index (χ2v) is 3.59. The van der Waals surface area contributed by atoms with E-state index in [1.165, 1.54) is 12.1 Å². The first-order chi connectivity index (χ1) is 7.95. The molecule has 1 rings (SSSR count). The molecule has 0 radical (unpaired) electrons. The number of nitro benzene ring substituents is 1. The van der Waals surface area contributed by atoms with Crippen LogP contribution in [0.15, 0.2) is 18.2 Å². The number of nitrogens with zero attached hydrogens (tertiary/aromatic N) is 1. The van der Waals surface area contributed by atoms with E-state index in [1.54, 1.807) is 6.92 Å². The molecule has 4 N–H and O–H groups in total. The summed E-state index contributed by atoms with van der Waals surface area (Å²) in [7, 11) is 0. The van der Waals surface area contributed by atoms with E-state index in [0.29, 0.717) is 0 Å². The van der Waals surface area contributed by atoms with E-state index < -0.39 is 16.9 Å². The summed E-state index contributed by atoms with van der Waals surface area (Å²) in [6.07, 6.45) is 0. The zero-order valence-corrected chi connectivity index (χ0v) is 9.21. The maximum atomic E-state index is 11.6. The Morgan fingerprint density at radius 2 is 2.29 bits per heavy atom. The van der Waals surface area contributed by atoms with Crippen molar-refractivity contribution in [3.8, 4) is 0 Å². The third-order valence-electron chi connectivity index (χ3n) is 2.14. The first-order valence-electron chi connectivity index (χ1n) is 4.91. The number of carbonyl (C=O) groups is 1. The number of hydrogen-bond donors (Lipinski definition) is 3. The standard InChI is InChI=1S/C10H13N3O4/c1-6(5-14)12-10(15)7-2-3-8(11)9(4-7)13(16)17/h2-4,6,14H,5,11H2,1H3,(H,12,15). The molecule has 7 nitrogen and oxygen atoms in total. The van der Waals surface area contributed by atoms with Crippen LogP contribution in [0.25, 0.3) is 0 Å². The van der Waals surface area contributed by atoms with Gasteiger partial charge in [0.05, 0.1) is 11.5 Å². The van der Waals surface area contributed by atoms with Gasteiger partial charge in [-0.3, -0.25) is 14.9 Å². The Balaban J connectivity index is 2.96. The number of aliphatic hydroxyl groups excluding tert-OH is 1. The summed E-state index contributed by atoms with van der Waals surface area (Å²) >= 11 is 0. The number of aliphatic hydroxyl groups is 1. The molecule has 17 heavy (non-hydrogen) atoms. The van der Waals surface area contributed by atoms with Crippen LogP contribution >= 0.6 is 0 Å². The number of benzene rings is 1. The van der Waals surface area contributed by atoms with Gasteiger partial charge in [-0.25, -0.2) is 0 Å². The molecular formula is C10H13N3O4. The fourth-order valence-corrected chi connectivity index (χ4v) is 1.20. The summed E-state index contributed by atoms with van der Waals surface area (Å²) in [4.78, 5) is 21.6. The van der Waals surface area contributed by atoms with Crippen molar-refractivity contribution in [2.24, 2.45) is 0 Å². The van der Waals surface area contributed by atoms with Gasteiger partial charge >= 0.3 is 0 Å². The van der Waals surface area contributed by atoms with Crippen LogP contribution in [-0.2, 0) is 0 Å². The number of nitrogens with one attached hydrogen (secondary N) is 1. The number of amides is 1. The van der Waals surface area contributed by atoms with Gasteiger partial charge in [0.15, 0.2) is 0 Å². The molecule has 1 amide bonds. The molecule has 1 unspecified atom stereocenters. The minimum absolute atomic E-state index is 0.00163. The van der Waals surface area contributed by atoms with Crippen LogP contribution in [0.1, 0.15) is 17.3 Å². The SMILES string of the molecule is CC(CO)NC(=O)c1ccc(N)c([N+](=O)[O-])c1. The van der Waals surface area contributed by atoms with E-state index in [2.05, 4.69) is 5.32 Å². The molecule has 7 heteroatoms. The minimum Gasteiger partial charge on any atom is -0.394 e. The van der Waals surface area contributed by atoms with Crippen molar-refractivity contribution >= 4 is 17.3 Å². The molecule has 92 valence electrons. The van der Waals surface area contributed by atoms with Crippen LogP contribution in [0.5, 0.6) is 0 Å². The van der Waals surface area contributed by atoms with Crippen LogP contribution in [0.3, 0.4) is 0 Å². The quantitative estimate of drug-likeness (QED) is 0.396. The van der Waals surface area contributed by atoms with Crippen molar-refractivity contribution in [2.45, 2.75) is 13.0 Å². The fraction of sp³-hybridized carbons (Fsp3) is 0.300. The Morgan fingerprint density at radius 3 is 2.82 bits per heavy atom. The van der Waals surface area contributed by atoms with Gasteiger partial charge in [-0.15, -0.1) is 0 Å². The van der Waals surface area contributed by atoms with Gasteiger partial charge in [-0.2, -0.15) is 0 Å². The van der Waals surface area contributed by atoms with E-state index in [9.17, 15) is 14.9 Å². The Hall–Kier alpha value is -2.15. The Morgan fingerprint density at radius 1 is 1.65 bits per heavy atom. The summed E-state index contributed by atoms with van der Waals surface area (Å²) in [6, 6.07) is 3.38. The number of nitrogen functional groups attached to an aromatic ring is 1. The first kappa shape index (κ1) is 12.9. The second-order valence-electron chi connectivity index (χ2n) is 3.59. The lowest BCUT2D eigenvalue weighted by molar-refractivity contribution is -0.383. The van der Waals surface area contributed by atoms with Crippen molar-refractivity contribution in [3.05, 3.63) is 33.9 Å². The van der Waals surface area contributed by atoms with Crippen molar-refractivity contribution in [2.75, 3.05) is 12.3 Å². The van der Waals surface area contributed by atoms with Crippen LogP contribution in [0.4, 0.5) is 11.4 Å². The first-order valence-corrected chi connectivity index (χ1v) is 4.91. The van der Waals surface area contributed by atoms with Gasteiger partial charge in [-0.05, 0) is 19.1 Å². The maximum Gasteiger partial charge on any atom is 0.292 e. The summed E-state index contributed by atoms with van der Waals surface area (Å²) in [5, 5.41) is 21.9. The molecule has 0 aliphatic carbocycles. The molecule has 0 saturated heterocycles. The Kier molecular flexibility index (Phi) is 4.00. The molecule has 0 fully saturated rings. The summed E-state index contributed by atoms with van der Waals surface area (Å²) in [5.41, 5.74) is 5.23. The number of anilines is 1. The predicted octanol–water partition coefficient (Wildman–Crippen LogP) is 0.288. The van der Waals surface area contributed by atoms with Gasteiger partial charge in [0.1, 0.15) is 5.69 Å². The highest BCUT2D eigenvalue weighted by Crippen LogP contribution is 2.22. The number of carbonyl (C=O) groups excluding carboxylic acids is 1. The average Bonchev–Trinajstić information content (AvgIpc) is 2.28. The van der Waals surface area contributed by atoms with E-state index in [1.807, 2.05) is 0 Å². The molecule has 1 aromatic rings. The summed E-state index contributed by atoms with van der Waals surface area (Å²) in [6.45, 7) is 1.41. The highest BCUT2D eigenvalue weighted by molar-refractivity contribution is 5.95. The van der Waals surface area contributed by atoms with Crippen molar-refractivity contribution < 1.29 is 14.8 Å². The van der Waals surface area contributed by atoms with Crippen LogP contribution in [0.2, 0.25) is 0 Å². The van der Waals surface area contributed by atoms with Gasteiger partial charge in [0.2, 0.25) is 0 Å². The van der Waals surface area contributed by atoms with Crippen molar-refractivity contribution in [3.63, 3.8) is 0 Å². The van der Waals surface area contributed by atoms with Crippen LogP contribution < -0.4 is 11.1 Å². The zero-order chi connectivity index (χ0) is 13.0. The van der Waals surface area contributed by atoms with E-state index in [-0.39, 0.29) is 23.5 Å². The summed E-state index contributed by atoms with van der Waals surface area (Å²) in [5.74, 6) is -0.491. The predicted molar refractivity (Wildman–Crippen MR) is 61.5 cm³/mol. The van der Waals surface area contributed by atoms with E-state index in [4.69, 9.17) is 10.8 Å². The van der Waals surface area contributed by atoms with Crippen LogP contribution in [-0.4, -0.2) is 28.6 Å². The number of nitro groups is 1. The monoisotopic (exact) mass is 239 g/mol. The van der Waals surface area contributed by atoms with Gasteiger partial charge in [-0.1, -0.05) is 0 Å². The average molecular weight is 239 g/mol. The molecule has 0 heterocycles. The van der Waals surface area contributed by atoms with Crippen LogP contribution in [0, 0.1) is 10.1 Å². The second kappa shape index (κ2) is 5.26. The Bertz CT molecular complexity index is 447. The third kappa shape index (κ3) is 3.15. The molecule has 0 bridgehead atoms. The fourth-order valence-electron chi connectivity index (χ4n) is 1.20. The molecule has 0 aromatic heterocycles. The number of rotatable bonds is 4. The molecule has 0 spiro atoms. The lowest BCUT2D eigenvalue weighted by atomic mass is 10.1. The van der Waals surface area contributed by atoms with Gasteiger partial charge < -0.3 is 16.2 Å². The lowest BCUT2D eigenvalue weighted by Gasteiger charge is -2.10. The van der Waals surface area contributed by atoms with Gasteiger partial charge in [0.25, 0.3) is 11.6 Å². The van der Waals surface area contributed by atoms with Crippen molar-refractivity contribution in [1.29, 1.82) is 0 Å². The molecule has 0 saturated carbocycles. The number of nitrogens with two attached hydrogens (primary N) is 1. The number of hydrogen-bond acceptors (Lipinski definition) is 5. The largest absolute Gasteiger partial charge is 0.394 e.